The normalized spacial score (nSPS) is 10.3. The van der Waals surface area contributed by atoms with Gasteiger partial charge in [0.1, 0.15) is 6.07 Å². The average molecular weight is 390 g/mol. The molecular formula is C18H16ClN3O3S. The van der Waals surface area contributed by atoms with E-state index in [1.54, 1.807) is 30.3 Å². The highest BCUT2D eigenvalue weighted by Crippen LogP contribution is 2.27. The summed E-state index contributed by atoms with van der Waals surface area (Å²) in [6.07, 6.45) is 1.50. The van der Waals surface area contributed by atoms with Crippen LogP contribution in [0.2, 0.25) is 5.02 Å². The van der Waals surface area contributed by atoms with E-state index in [9.17, 15) is 4.79 Å². The lowest BCUT2D eigenvalue weighted by Gasteiger charge is -2.08. The number of benzene rings is 2. The van der Waals surface area contributed by atoms with Crippen LogP contribution in [0.15, 0.2) is 52.5 Å². The van der Waals surface area contributed by atoms with E-state index in [0.29, 0.717) is 16.5 Å². The summed E-state index contributed by atoms with van der Waals surface area (Å²) in [7, 11) is 1.51. The minimum atomic E-state index is -0.220. The van der Waals surface area contributed by atoms with E-state index in [1.165, 1.54) is 25.1 Å². The van der Waals surface area contributed by atoms with Crippen LogP contribution in [0.25, 0.3) is 0 Å². The van der Waals surface area contributed by atoms with E-state index in [-0.39, 0.29) is 18.3 Å². The molecule has 8 heteroatoms. The quantitative estimate of drug-likeness (QED) is 0.424. The first-order chi connectivity index (χ1) is 12.6. The predicted molar refractivity (Wildman–Crippen MR) is 102 cm³/mol. The first-order valence-electron chi connectivity index (χ1n) is 7.50. The highest BCUT2D eigenvalue weighted by Gasteiger charge is 2.05. The van der Waals surface area contributed by atoms with Gasteiger partial charge in [0.05, 0.1) is 19.1 Å². The fraction of sp³-hybridized carbons (Fsp3) is 0.167. The van der Waals surface area contributed by atoms with Gasteiger partial charge in [0.25, 0.3) is 0 Å². The fourth-order valence-electron chi connectivity index (χ4n) is 1.88. The maximum absolute atomic E-state index is 11.8. The first-order valence-corrected chi connectivity index (χ1v) is 8.87. The van der Waals surface area contributed by atoms with Gasteiger partial charge in [-0.05, 0) is 48.0 Å². The Bertz CT molecular complexity index is 819. The Morgan fingerprint density at radius 3 is 2.77 bits per heavy atom. The van der Waals surface area contributed by atoms with Crippen LogP contribution in [0, 0.1) is 11.3 Å². The molecule has 0 saturated carbocycles. The number of nitrogens with one attached hydrogen (secondary N) is 1. The Kier molecular flexibility index (Phi) is 7.80. The Morgan fingerprint density at radius 2 is 2.08 bits per heavy atom. The molecule has 6 nitrogen and oxygen atoms in total. The topological polar surface area (TPSA) is 83.7 Å². The number of halogens is 1. The fourth-order valence-corrected chi connectivity index (χ4v) is 2.70. The minimum Gasteiger partial charge on any atom is -0.493 e. The lowest BCUT2D eigenvalue weighted by molar-refractivity contribution is -0.118. The average Bonchev–Trinajstić information content (AvgIpc) is 2.66. The van der Waals surface area contributed by atoms with Gasteiger partial charge in [0.15, 0.2) is 18.1 Å². The summed E-state index contributed by atoms with van der Waals surface area (Å²) in [4.78, 5) is 12.8. The van der Waals surface area contributed by atoms with Crippen molar-refractivity contribution in [1.82, 2.24) is 5.43 Å². The number of carbonyl (C=O) groups excluding carboxylic acids is 1. The van der Waals surface area contributed by atoms with Gasteiger partial charge in [-0.1, -0.05) is 11.6 Å². The second kappa shape index (κ2) is 10.3. The van der Waals surface area contributed by atoms with Crippen molar-refractivity contribution in [1.29, 1.82) is 5.26 Å². The largest absolute Gasteiger partial charge is 0.493 e. The van der Waals surface area contributed by atoms with Gasteiger partial charge in [-0.2, -0.15) is 10.4 Å². The zero-order chi connectivity index (χ0) is 18.8. The van der Waals surface area contributed by atoms with Crippen LogP contribution in [-0.4, -0.2) is 31.6 Å². The molecule has 2 rings (SSSR count). The Hall–Kier alpha value is -2.69. The van der Waals surface area contributed by atoms with E-state index in [1.807, 2.05) is 18.2 Å². The molecule has 0 aromatic heterocycles. The summed E-state index contributed by atoms with van der Waals surface area (Å²) in [5.41, 5.74) is 3.19. The molecule has 2 aromatic carbocycles. The number of hydrogen-bond acceptors (Lipinski definition) is 6. The van der Waals surface area contributed by atoms with Crippen molar-refractivity contribution < 1.29 is 14.3 Å². The van der Waals surface area contributed by atoms with Crippen molar-refractivity contribution in [3.05, 3.63) is 53.1 Å². The summed E-state index contributed by atoms with van der Waals surface area (Å²) in [5.74, 6) is 0.967. The van der Waals surface area contributed by atoms with Crippen molar-refractivity contribution >= 4 is 35.5 Å². The number of carbonyl (C=O) groups is 1. The van der Waals surface area contributed by atoms with E-state index in [2.05, 4.69) is 10.5 Å². The molecule has 1 N–H and O–H groups in total. The number of hydrogen-bond donors (Lipinski definition) is 1. The van der Waals surface area contributed by atoms with Gasteiger partial charge in [-0.15, -0.1) is 11.8 Å². The van der Waals surface area contributed by atoms with Crippen LogP contribution in [0.1, 0.15) is 5.56 Å². The van der Waals surface area contributed by atoms with Crippen molar-refractivity contribution in [2.75, 3.05) is 19.5 Å². The molecule has 0 saturated heterocycles. The lowest BCUT2D eigenvalue weighted by atomic mass is 10.2. The molecule has 0 aliphatic rings. The van der Waals surface area contributed by atoms with Gasteiger partial charge in [0.2, 0.25) is 5.91 Å². The third kappa shape index (κ3) is 6.31. The van der Waals surface area contributed by atoms with E-state index in [4.69, 9.17) is 26.3 Å². The van der Waals surface area contributed by atoms with Gasteiger partial charge in [-0.25, -0.2) is 5.43 Å². The molecule has 0 spiro atoms. The number of nitriles is 1. The monoisotopic (exact) mass is 389 g/mol. The smallest absolute Gasteiger partial charge is 0.250 e. The standard InChI is InChI=1S/C18H16ClN3O3S/c1-24-17-10-13(2-7-16(17)25-9-8-20)11-21-22-18(23)12-26-15-5-3-14(19)4-6-15/h2-7,10-11H,9,12H2,1H3,(H,22,23)/b21-11-. The number of nitrogens with zero attached hydrogens (tertiary/aromatic N) is 2. The summed E-state index contributed by atoms with van der Waals surface area (Å²) < 4.78 is 10.5. The molecule has 1 amide bonds. The summed E-state index contributed by atoms with van der Waals surface area (Å²) in [6, 6.07) is 14.3. The van der Waals surface area contributed by atoms with Gasteiger partial charge >= 0.3 is 0 Å². The van der Waals surface area contributed by atoms with Gasteiger partial charge in [-0.3, -0.25) is 4.79 Å². The Labute approximate surface area is 160 Å². The van der Waals surface area contributed by atoms with Gasteiger partial charge in [0, 0.05) is 9.92 Å². The molecule has 26 heavy (non-hydrogen) atoms. The van der Waals surface area contributed by atoms with Crippen LogP contribution < -0.4 is 14.9 Å². The Morgan fingerprint density at radius 1 is 1.31 bits per heavy atom. The number of amides is 1. The highest BCUT2D eigenvalue weighted by molar-refractivity contribution is 8.00. The Balaban J connectivity index is 1.86. The van der Waals surface area contributed by atoms with Crippen LogP contribution in [0.4, 0.5) is 0 Å². The number of rotatable bonds is 8. The van der Waals surface area contributed by atoms with Gasteiger partial charge < -0.3 is 9.47 Å². The number of ether oxygens (including phenoxy) is 2. The number of hydrazone groups is 1. The van der Waals surface area contributed by atoms with E-state index < -0.39 is 0 Å². The first kappa shape index (κ1) is 19.6. The third-order valence-electron chi connectivity index (χ3n) is 3.07. The van der Waals surface area contributed by atoms with Crippen molar-refractivity contribution in [2.45, 2.75) is 4.90 Å². The molecule has 0 aliphatic heterocycles. The van der Waals surface area contributed by atoms with Crippen LogP contribution in [0.3, 0.4) is 0 Å². The molecule has 0 atom stereocenters. The molecule has 2 aromatic rings. The summed E-state index contributed by atoms with van der Waals surface area (Å²) in [5, 5.41) is 13.1. The highest BCUT2D eigenvalue weighted by atomic mass is 35.5. The molecule has 0 heterocycles. The molecule has 0 fully saturated rings. The SMILES string of the molecule is COc1cc(/C=N\NC(=O)CSc2ccc(Cl)cc2)ccc1OCC#N. The molecule has 134 valence electrons. The molecular weight excluding hydrogens is 374 g/mol. The predicted octanol–water partition coefficient (Wildman–Crippen LogP) is 3.49. The van der Waals surface area contributed by atoms with Crippen molar-refractivity contribution in [3.63, 3.8) is 0 Å². The summed E-state index contributed by atoms with van der Waals surface area (Å²) in [6.45, 7) is -0.0643. The van der Waals surface area contributed by atoms with Crippen LogP contribution in [-0.2, 0) is 4.79 Å². The lowest BCUT2D eigenvalue weighted by Crippen LogP contribution is -2.19. The second-order valence-corrected chi connectivity index (χ2v) is 6.38. The molecule has 0 radical (unpaired) electrons. The second-order valence-electron chi connectivity index (χ2n) is 4.89. The maximum atomic E-state index is 11.8. The van der Waals surface area contributed by atoms with E-state index in [0.717, 1.165) is 10.5 Å². The van der Waals surface area contributed by atoms with E-state index >= 15 is 0 Å². The zero-order valence-corrected chi connectivity index (χ0v) is 15.5. The van der Waals surface area contributed by atoms with Crippen molar-refractivity contribution in [2.24, 2.45) is 5.10 Å². The molecule has 0 unspecified atom stereocenters. The van der Waals surface area contributed by atoms with Crippen LogP contribution >= 0.6 is 23.4 Å². The molecule has 0 bridgehead atoms. The third-order valence-corrected chi connectivity index (χ3v) is 4.33. The zero-order valence-electron chi connectivity index (χ0n) is 13.9. The van der Waals surface area contributed by atoms with Crippen LogP contribution in [0.5, 0.6) is 11.5 Å². The molecule has 0 aliphatic carbocycles. The maximum Gasteiger partial charge on any atom is 0.250 e. The summed E-state index contributed by atoms with van der Waals surface area (Å²) >= 11 is 7.21. The number of methoxy groups -OCH3 is 1. The number of thioether (sulfide) groups is 1. The van der Waals surface area contributed by atoms with Crippen molar-refractivity contribution in [3.8, 4) is 17.6 Å². The minimum absolute atomic E-state index is 0.0643.